The van der Waals surface area contributed by atoms with Gasteiger partial charge in [-0.25, -0.2) is 0 Å². The van der Waals surface area contributed by atoms with Crippen LogP contribution in [0.2, 0.25) is 0 Å². The lowest BCUT2D eigenvalue weighted by Crippen LogP contribution is -2.27. The Labute approximate surface area is 95.8 Å². The highest BCUT2D eigenvalue weighted by molar-refractivity contribution is 5.96. The van der Waals surface area contributed by atoms with Gasteiger partial charge in [-0.15, -0.1) is 0 Å². The SMILES string of the molecule is CCC1(C)COc2cccc(C(=O)NC)c21. The molecule has 0 aliphatic carbocycles. The van der Waals surface area contributed by atoms with Crippen molar-refractivity contribution in [2.24, 2.45) is 0 Å². The molecule has 1 aliphatic heterocycles. The van der Waals surface area contributed by atoms with Crippen LogP contribution in [0.1, 0.15) is 36.2 Å². The maximum atomic E-state index is 11.8. The monoisotopic (exact) mass is 219 g/mol. The van der Waals surface area contributed by atoms with Crippen LogP contribution in [0, 0.1) is 0 Å². The molecule has 1 aromatic carbocycles. The number of carbonyl (C=O) groups excluding carboxylic acids is 1. The van der Waals surface area contributed by atoms with Gasteiger partial charge in [-0.05, 0) is 18.6 Å². The summed E-state index contributed by atoms with van der Waals surface area (Å²) in [7, 11) is 1.65. The number of rotatable bonds is 2. The third-order valence-electron chi connectivity index (χ3n) is 3.43. The largest absolute Gasteiger partial charge is 0.492 e. The Morgan fingerprint density at radius 2 is 2.31 bits per heavy atom. The van der Waals surface area contributed by atoms with Gasteiger partial charge in [-0.3, -0.25) is 4.79 Å². The van der Waals surface area contributed by atoms with E-state index in [9.17, 15) is 4.79 Å². The first kappa shape index (κ1) is 11.0. The van der Waals surface area contributed by atoms with Crippen LogP contribution in [-0.2, 0) is 5.41 Å². The van der Waals surface area contributed by atoms with Gasteiger partial charge in [-0.1, -0.05) is 19.9 Å². The zero-order valence-electron chi connectivity index (χ0n) is 9.96. The number of nitrogens with one attached hydrogen (secondary N) is 1. The summed E-state index contributed by atoms with van der Waals surface area (Å²) in [6.07, 6.45) is 0.966. The Morgan fingerprint density at radius 3 is 2.94 bits per heavy atom. The topological polar surface area (TPSA) is 38.3 Å². The highest BCUT2D eigenvalue weighted by Crippen LogP contribution is 2.42. The van der Waals surface area contributed by atoms with Crippen molar-refractivity contribution in [1.29, 1.82) is 0 Å². The second kappa shape index (κ2) is 3.81. The Balaban J connectivity index is 2.58. The lowest BCUT2D eigenvalue weighted by Gasteiger charge is -2.22. The molecule has 1 aromatic rings. The molecule has 0 fully saturated rings. The van der Waals surface area contributed by atoms with Gasteiger partial charge in [0.2, 0.25) is 0 Å². The summed E-state index contributed by atoms with van der Waals surface area (Å²) < 4.78 is 5.66. The molecule has 1 amide bonds. The van der Waals surface area contributed by atoms with Gasteiger partial charge in [0.25, 0.3) is 5.91 Å². The van der Waals surface area contributed by atoms with E-state index in [-0.39, 0.29) is 11.3 Å². The average Bonchev–Trinajstić information content (AvgIpc) is 2.67. The maximum Gasteiger partial charge on any atom is 0.251 e. The van der Waals surface area contributed by atoms with Gasteiger partial charge in [0.05, 0.1) is 6.61 Å². The van der Waals surface area contributed by atoms with Crippen molar-refractivity contribution in [2.75, 3.05) is 13.7 Å². The first-order chi connectivity index (χ1) is 7.62. The molecule has 0 saturated carbocycles. The number of fused-ring (bicyclic) bond motifs is 1. The first-order valence-corrected chi connectivity index (χ1v) is 5.61. The molecule has 0 spiro atoms. The van der Waals surface area contributed by atoms with Crippen LogP contribution in [0.3, 0.4) is 0 Å². The summed E-state index contributed by atoms with van der Waals surface area (Å²) in [6, 6.07) is 5.66. The number of carbonyl (C=O) groups is 1. The second-order valence-corrected chi connectivity index (χ2v) is 4.46. The highest BCUT2D eigenvalue weighted by atomic mass is 16.5. The zero-order chi connectivity index (χ0) is 11.8. The summed E-state index contributed by atoms with van der Waals surface area (Å²) in [5.41, 5.74) is 1.75. The lowest BCUT2D eigenvalue weighted by atomic mass is 9.79. The lowest BCUT2D eigenvalue weighted by molar-refractivity contribution is 0.0961. The molecule has 1 atom stereocenters. The minimum absolute atomic E-state index is 0.0398. The summed E-state index contributed by atoms with van der Waals surface area (Å²) in [5.74, 6) is 0.812. The molecule has 3 heteroatoms. The van der Waals surface area contributed by atoms with Crippen LogP contribution in [-0.4, -0.2) is 19.6 Å². The van der Waals surface area contributed by atoms with Crippen molar-refractivity contribution in [2.45, 2.75) is 25.7 Å². The fraction of sp³-hybridized carbons (Fsp3) is 0.462. The fourth-order valence-electron chi connectivity index (χ4n) is 2.19. The predicted molar refractivity (Wildman–Crippen MR) is 63.0 cm³/mol. The average molecular weight is 219 g/mol. The van der Waals surface area contributed by atoms with E-state index >= 15 is 0 Å². The molecule has 1 N–H and O–H groups in total. The fourth-order valence-corrected chi connectivity index (χ4v) is 2.19. The minimum Gasteiger partial charge on any atom is -0.492 e. The third kappa shape index (κ3) is 1.47. The molecule has 86 valence electrons. The summed E-state index contributed by atoms with van der Waals surface area (Å²) in [4.78, 5) is 11.8. The summed E-state index contributed by atoms with van der Waals surface area (Å²) in [6.45, 7) is 4.93. The van der Waals surface area contributed by atoms with E-state index in [2.05, 4.69) is 19.2 Å². The van der Waals surface area contributed by atoms with E-state index in [1.54, 1.807) is 7.05 Å². The van der Waals surface area contributed by atoms with Crippen LogP contribution in [0.25, 0.3) is 0 Å². The second-order valence-electron chi connectivity index (χ2n) is 4.46. The van der Waals surface area contributed by atoms with Gasteiger partial charge in [0, 0.05) is 23.6 Å². The van der Waals surface area contributed by atoms with E-state index in [1.807, 2.05) is 18.2 Å². The Hall–Kier alpha value is -1.51. The summed E-state index contributed by atoms with van der Waals surface area (Å²) >= 11 is 0. The molecule has 1 aliphatic rings. The molecule has 0 aromatic heterocycles. The number of hydrogen-bond acceptors (Lipinski definition) is 2. The smallest absolute Gasteiger partial charge is 0.251 e. The molecule has 0 saturated heterocycles. The Bertz CT molecular complexity index is 428. The molecule has 1 heterocycles. The highest BCUT2D eigenvalue weighted by Gasteiger charge is 2.37. The number of hydrogen-bond donors (Lipinski definition) is 1. The minimum atomic E-state index is -0.0432. The van der Waals surface area contributed by atoms with E-state index < -0.39 is 0 Å². The number of amides is 1. The van der Waals surface area contributed by atoms with Gasteiger partial charge >= 0.3 is 0 Å². The summed E-state index contributed by atoms with van der Waals surface area (Å²) in [5, 5.41) is 2.68. The first-order valence-electron chi connectivity index (χ1n) is 5.61. The van der Waals surface area contributed by atoms with Crippen LogP contribution in [0.4, 0.5) is 0 Å². The Morgan fingerprint density at radius 1 is 1.56 bits per heavy atom. The van der Waals surface area contributed by atoms with Crippen molar-refractivity contribution in [3.63, 3.8) is 0 Å². The van der Waals surface area contributed by atoms with Crippen molar-refractivity contribution < 1.29 is 9.53 Å². The van der Waals surface area contributed by atoms with E-state index in [0.29, 0.717) is 6.61 Å². The van der Waals surface area contributed by atoms with Crippen molar-refractivity contribution in [3.05, 3.63) is 29.3 Å². The molecular weight excluding hydrogens is 202 g/mol. The maximum absolute atomic E-state index is 11.8. The van der Waals surface area contributed by atoms with Crippen molar-refractivity contribution in [3.8, 4) is 5.75 Å². The third-order valence-corrected chi connectivity index (χ3v) is 3.43. The number of benzene rings is 1. The van der Waals surface area contributed by atoms with Crippen LogP contribution in [0.5, 0.6) is 5.75 Å². The molecule has 2 rings (SSSR count). The molecule has 0 bridgehead atoms. The normalized spacial score (nSPS) is 22.4. The van der Waals surface area contributed by atoms with Crippen molar-refractivity contribution >= 4 is 5.91 Å². The van der Waals surface area contributed by atoms with Crippen LogP contribution >= 0.6 is 0 Å². The van der Waals surface area contributed by atoms with Gasteiger partial charge in [-0.2, -0.15) is 0 Å². The van der Waals surface area contributed by atoms with E-state index in [4.69, 9.17) is 4.74 Å². The van der Waals surface area contributed by atoms with Gasteiger partial charge in [0.1, 0.15) is 5.75 Å². The predicted octanol–water partition coefficient (Wildman–Crippen LogP) is 2.11. The molecule has 1 unspecified atom stereocenters. The molecule has 0 radical (unpaired) electrons. The van der Waals surface area contributed by atoms with Gasteiger partial charge < -0.3 is 10.1 Å². The molecular formula is C13H17NO2. The zero-order valence-corrected chi connectivity index (χ0v) is 9.96. The molecule has 3 nitrogen and oxygen atoms in total. The molecule has 16 heavy (non-hydrogen) atoms. The van der Waals surface area contributed by atoms with E-state index in [1.165, 1.54) is 0 Å². The standard InChI is InChI=1S/C13H17NO2/c1-4-13(2)8-16-10-7-5-6-9(11(10)13)12(15)14-3/h5-7H,4,8H2,1-3H3,(H,14,15). The van der Waals surface area contributed by atoms with Crippen molar-refractivity contribution in [1.82, 2.24) is 5.32 Å². The van der Waals surface area contributed by atoms with E-state index in [0.717, 1.165) is 23.3 Å². The van der Waals surface area contributed by atoms with Crippen LogP contribution in [0.15, 0.2) is 18.2 Å². The Kier molecular flexibility index (Phi) is 2.62. The van der Waals surface area contributed by atoms with Gasteiger partial charge in [0.15, 0.2) is 0 Å². The quantitative estimate of drug-likeness (QED) is 0.827. The number of ether oxygens (including phenoxy) is 1. The van der Waals surface area contributed by atoms with Crippen LogP contribution < -0.4 is 10.1 Å².